The zero-order chi connectivity index (χ0) is 13.5. The van der Waals surface area contributed by atoms with Gasteiger partial charge < -0.3 is 9.80 Å². The van der Waals surface area contributed by atoms with Gasteiger partial charge in [0, 0.05) is 34.7 Å². The maximum Gasteiger partial charge on any atom is 0.195 e. The minimum Gasteiger partial charge on any atom is -0.349 e. The Bertz CT molecular complexity index is 392. The van der Waals surface area contributed by atoms with E-state index in [-0.39, 0.29) is 0 Å². The Morgan fingerprint density at radius 3 is 2.11 bits per heavy atom. The predicted molar refractivity (Wildman–Crippen MR) is 79.9 cm³/mol. The van der Waals surface area contributed by atoms with Crippen LogP contribution in [0.5, 0.6) is 0 Å². The molecule has 0 aliphatic carbocycles. The Morgan fingerprint density at radius 2 is 1.67 bits per heavy atom. The van der Waals surface area contributed by atoms with Crippen molar-refractivity contribution in [2.75, 3.05) is 34.7 Å². The third-order valence-electron chi connectivity index (χ3n) is 2.67. The summed E-state index contributed by atoms with van der Waals surface area (Å²) in [5, 5.41) is 0. The van der Waals surface area contributed by atoms with E-state index in [1.807, 2.05) is 44.1 Å². The van der Waals surface area contributed by atoms with Crippen molar-refractivity contribution in [3.8, 4) is 0 Å². The molecule has 1 aromatic carbocycles. The first-order valence-electron chi connectivity index (χ1n) is 6.15. The molecule has 0 saturated heterocycles. The predicted octanol–water partition coefficient (Wildman–Crippen LogP) is 2.35. The van der Waals surface area contributed by atoms with E-state index in [0.717, 1.165) is 24.5 Å². The Labute approximate surface area is 110 Å². The average molecular weight is 245 g/mol. The standard InChI is InChI=1S/C15H23N3/c1-6-13-7-9-14(10-8-13)11-12-16-15(17(2)3)18(4)5/h6-10H,1,11-12H2,2-5H3. The molecular weight excluding hydrogens is 222 g/mol. The molecule has 1 rings (SSSR count). The van der Waals surface area contributed by atoms with E-state index in [4.69, 9.17) is 0 Å². The van der Waals surface area contributed by atoms with Gasteiger partial charge >= 0.3 is 0 Å². The van der Waals surface area contributed by atoms with E-state index in [0.29, 0.717) is 0 Å². The molecule has 0 aromatic heterocycles. The summed E-state index contributed by atoms with van der Waals surface area (Å²) in [6, 6.07) is 8.45. The number of hydrogen-bond donors (Lipinski definition) is 0. The van der Waals surface area contributed by atoms with Gasteiger partial charge in [0.05, 0.1) is 0 Å². The molecule has 0 heterocycles. The van der Waals surface area contributed by atoms with Gasteiger partial charge in [0.25, 0.3) is 0 Å². The van der Waals surface area contributed by atoms with Crippen molar-refractivity contribution in [2.24, 2.45) is 4.99 Å². The maximum atomic E-state index is 4.61. The second kappa shape index (κ2) is 6.84. The summed E-state index contributed by atoms with van der Waals surface area (Å²) >= 11 is 0. The molecule has 0 fully saturated rings. The van der Waals surface area contributed by atoms with Crippen molar-refractivity contribution in [3.63, 3.8) is 0 Å². The fourth-order valence-corrected chi connectivity index (χ4v) is 1.79. The minimum absolute atomic E-state index is 0.805. The third-order valence-corrected chi connectivity index (χ3v) is 2.67. The van der Waals surface area contributed by atoms with E-state index in [1.54, 1.807) is 0 Å². The van der Waals surface area contributed by atoms with Crippen LogP contribution in [-0.2, 0) is 6.42 Å². The monoisotopic (exact) mass is 245 g/mol. The van der Waals surface area contributed by atoms with Gasteiger partial charge in [0.15, 0.2) is 5.96 Å². The lowest BCUT2D eigenvalue weighted by molar-refractivity contribution is 0.479. The van der Waals surface area contributed by atoms with Crippen LogP contribution in [0.2, 0.25) is 0 Å². The molecule has 0 spiro atoms. The lowest BCUT2D eigenvalue weighted by Crippen LogP contribution is -2.35. The van der Waals surface area contributed by atoms with Crippen LogP contribution in [0.1, 0.15) is 11.1 Å². The van der Waals surface area contributed by atoms with Crippen molar-refractivity contribution in [3.05, 3.63) is 42.0 Å². The Balaban J connectivity index is 2.58. The van der Waals surface area contributed by atoms with Gasteiger partial charge in [0.2, 0.25) is 0 Å². The van der Waals surface area contributed by atoms with E-state index in [2.05, 4.69) is 35.8 Å². The fourth-order valence-electron chi connectivity index (χ4n) is 1.79. The number of rotatable bonds is 4. The van der Waals surface area contributed by atoms with Gasteiger partial charge in [-0.15, -0.1) is 0 Å². The molecular formula is C15H23N3. The maximum absolute atomic E-state index is 4.61. The molecule has 0 amide bonds. The van der Waals surface area contributed by atoms with Crippen LogP contribution in [-0.4, -0.2) is 50.5 Å². The van der Waals surface area contributed by atoms with Crippen molar-refractivity contribution in [2.45, 2.75) is 6.42 Å². The number of benzene rings is 1. The summed E-state index contributed by atoms with van der Waals surface area (Å²) in [4.78, 5) is 8.67. The Morgan fingerprint density at radius 1 is 1.11 bits per heavy atom. The molecule has 0 unspecified atom stereocenters. The zero-order valence-electron chi connectivity index (χ0n) is 11.8. The van der Waals surface area contributed by atoms with Crippen molar-refractivity contribution in [1.82, 2.24) is 9.80 Å². The summed E-state index contributed by atoms with van der Waals surface area (Å²) in [6.45, 7) is 4.56. The summed E-state index contributed by atoms with van der Waals surface area (Å²) in [5.74, 6) is 0.998. The normalized spacial score (nSPS) is 9.78. The fraction of sp³-hybridized carbons (Fsp3) is 0.400. The second-order valence-corrected chi connectivity index (χ2v) is 4.67. The van der Waals surface area contributed by atoms with Gasteiger partial charge in [-0.2, -0.15) is 0 Å². The van der Waals surface area contributed by atoms with E-state index < -0.39 is 0 Å². The lowest BCUT2D eigenvalue weighted by Gasteiger charge is -2.22. The third kappa shape index (κ3) is 4.24. The molecule has 1 aromatic rings. The highest BCUT2D eigenvalue weighted by Crippen LogP contribution is 2.06. The molecule has 0 atom stereocenters. The molecule has 0 saturated carbocycles. The topological polar surface area (TPSA) is 18.8 Å². The lowest BCUT2D eigenvalue weighted by atomic mass is 10.1. The average Bonchev–Trinajstić information content (AvgIpc) is 2.34. The van der Waals surface area contributed by atoms with Crippen molar-refractivity contribution < 1.29 is 0 Å². The van der Waals surface area contributed by atoms with E-state index in [9.17, 15) is 0 Å². The van der Waals surface area contributed by atoms with Gasteiger partial charge in [-0.25, -0.2) is 0 Å². The van der Waals surface area contributed by atoms with Gasteiger partial charge in [-0.3, -0.25) is 4.99 Å². The van der Waals surface area contributed by atoms with E-state index in [1.165, 1.54) is 5.56 Å². The van der Waals surface area contributed by atoms with Crippen molar-refractivity contribution >= 4 is 12.0 Å². The van der Waals surface area contributed by atoms with E-state index >= 15 is 0 Å². The Hall–Kier alpha value is -1.77. The first-order chi connectivity index (χ1) is 8.54. The SMILES string of the molecule is C=Cc1ccc(CCN=C(N(C)C)N(C)C)cc1. The number of nitrogens with zero attached hydrogens (tertiary/aromatic N) is 3. The summed E-state index contributed by atoms with van der Waals surface area (Å²) < 4.78 is 0. The largest absolute Gasteiger partial charge is 0.349 e. The Kier molecular flexibility index (Phi) is 5.43. The highest BCUT2D eigenvalue weighted by molar-refractivity contribution is 5.79. The zero-order valence-corrected chi connectivity index (χ0v) is 11.8. The van der Waals surface area contributed by atoms with Gasteiger partial charge in [-0.1, -0.05) is 36.9 Å². The van der Waals surface area contributed by atoms with Crippen LogP contribution >= 0.6 is 0 Å². The van der Waals surface area contributed by atoms with Crippen LogP contribution in [0.3, 0.4) is 0 Å². The molecule has 0 bridgehead atoms. The summed E-state index contributed by atoms with van der Waals surface area (Å²) in [7, 11) is 8.05. The summed E-state index contributed by atoms with van der Waals surface area (Å²) in [6.07, 6.45) is 2.82. The van der Waals surface area contributed by atoms with Gasteiger partial charge in [-0.05, 0) is 17.5 Å². The molecule has 0 radical (unpaired) electrons. The summed E-state index contributed by atoms with van der Waals surface area (Å²) in [5.41, 5.74) is 2.46. The molecule has 3 nitrogen and oxygen atoms in total. The number of aliphatic imine (C=N–C) groups is 1. The molecule has 0 aliphatic rings. The molecule has 18 heavy (non-hydrogen) atoms. The quantitative estimate of drug-likeness (QED) is 0.599. The number of guanidine groups is 1. The first-order valence-corrected chi connectivity index (χ1v) is 6.15. The van der Waals surface area contributed by atoms with Crippen LogP contribution < -0.4 is 0 Å². The van der Waals surface area contributed by atoms with Crippen LogP contribution in [0, 0.1) is 0 Å². The van der Waals surface area contributed by atoms with Gasteiger partial charge in [0.1, 0.15) is 0 Å². The van der Waals surface area contributed by atoms with Crippen LogP contribution in [0.4, 0.5) is 0 Å². The molecule has 98 valence electrons. The minimum atomic E-state index is 0.805. The second-order valence-electron chi connectivity index (χ2n) is 4.67. The molecule has 0 N–H and O–H groups in total. The smallest absolute Gasteiger partial charge is 0.195 e. The highest BCUT2D eigenvalue weighted by atomic mass is 15.3. The van der Waals surface area contributed by atoms with Crippen LogP contribution in [0.25, 0.3) is 6.08 Å². The molecule has 3 heteroatoms. The first kappa shape index (κ1) is 14.3. The van der Waals surface area contributed by atoms with Crippen molar-refractivity contribution in [1.29, 1.82) is 0 Å². The van der Waals surface area contributed by atoms with Crippen LogP contribution in [0.15, 0.2) is 35.8 Å². The highest BCUT2D eigenvalue weighted by Gasteiger charge is 2.03. The number of hydrogen-bond acceptors (Lipinski definition) is 1. The molecule has 0 aliphatic heterocycles.